The van der Waals surface area contributed by atoms with Crippen molar-refractivity contribution in [1.29, 1.82) is 0 Å². The van der Waals surface area contributed by atoms with E-state index in [-0.39, 0.29) is 17.9 Å². The van der Waals surface area contributed by atoms with E-state index in [0.717, 1.165) is 80.5 Å². The number of anilines is 1. The van der Waals surface area contributed by atoms with Crippen LogP contribution in [0, 0.1) is 18.8 Å². The number of carbonyl (C=O) groups is 2. The van der Waals surface area contributed by atoms with Crippen molar-refractivity contribution >= 4 is 17.7 Å². The summed E-state index contributed by atoms with van der Waals surface area (Å²) in [6, 6.07) is 15.6. The maximum Gasteiger partial charge on any atom is 0.407 e. The first-order chi connectivity index (χ1) is 21.4. The largest absolute Gasteiger partial charge is 0.496 e. The third-order valence-corrected chi connectivity index (χ3v) is 10.0. The molecule has 3 fully saturated rings. The van der Waals surface area contributed by atoms with Crippen LogP contribution in [0.5, 0.6) is 5.75 Å². The molecule has 0 spiro atoms. The van der Waals surface area contributed by atoms with Crippen molar-refractivity contribution < 1.29 is 19.1 Å². The van der Waals surface area contributed by atoms with Gasteiger partial charge in [0.25, 0.3) is 0 Å². The Labute approximate surface area is 261 Å². The SMILES string of the molecule is COC(=O)N[C@H]1CC[C@H](C(=O)N(C[C@H]2CC[C@H](c3ccc(OC)c(C)c3)CC2)c2cccc(-c3cnn(C4CC4)c3)c2)CC1. The molecule has 0 radical (unpaired) electrons. The highest BCUT2D eigenvalue weighted by molar-refractivity contribution is 5.95. The predicted molar refractivity (Wildman–Crippen MR) is 172 cm³/mol. The predicted octanol–water partition coefficient (Wildman–Crippen LogP) is 7.42. The minimum atomic E-state index is -0.399. The highest BCUT2D eigenvalue weighted by Crippen LogP contribution is 2.39. The summed E-state index contributed by atoms with van der Waals surface area (Å²) in [6.07, 6.45) is 13.6. The summed E-state index contributed by atoms with van der Waals surface area (Å²) in [7, 11) is 3.11. The Morgan fingerprint density at radius 1 is 0.932 bits per heavy atom. The molecule has 0 bridgehead atoms. The number of hydrogen-bond acceptors (Lipinski definition) is 5. The lowest BCUT2D eigenvalue weighted by atomic mass is 9.78. The first kappa shape index (κ1) is 30.2. The van der Waals surface area contributed by atoms with Crippen LogP contribution in [0.3, 0.4) is 0 Å². The zero-order valence-corrected chi connectivity index (χ0v) is 26.3. The number of rotatable bonds is 9. The third-order valence-electron chi connectivity index (χ3n) is 10.0. The van der Waals surface area contributed by atoms with Crippen molar-refractivity contribution in [1.82, 2.24) is 15.1 Å². The Morgan fingerprint density at radius 2 is 1.70 bits per heavy atom. The lowest BCUT2D eigenvalue weighted by Crippen LogP contribution is -2.44. The summed E-state index contributed by atoms with van der Waals surface area (Å²) in [5, 5.41) is 7.52. The average Bonchev–Trinajstić information content (AvgIpc) is 3.79. The van der Waals surface area contributed by atoms with Gasteiger partial charge < -0.3 is 19.7 Å². The molecule has 0 unspecified atom stereocenters. The normalized spacial score (nSPS) is 23.5. The van der Waals surface area contributed by atoms with Crippen LogP contribution in [0.25, 0.3) is 11.1 Å². The smallest absolute Gasteiger partial charge is 0.407 e. The maximum absolute atomic E-state index is 14.3. The number of hydrogen-bond donors (Lipinski definition) is 1. The molecule has 0 atom stereocenters. The van der Waals surface area contributed by atoms with Crippen LogP contribution in [-0.2, 0) is 9.53 Å². The Hall–Kier alpha value is -3.81. The fourth-order valence-corrected chi connectivity index (χ4v) is 7.22. The summed E-state index contributed by atoms with van der Waals surface area (Å²) in [5.41, 5.74) is 5.73. The maximum atomic E-state index is 14.3. The van der Waals surface area contributed by atoms with Gasteiger partial charge in [0.2, 0.25) is 5.91 Å². The van der Waals surface area contributed by atoms with Crippen LogP contribution in [0.4, 0.5) is 10.5 Å². The van der Waals surface area contributed by atoms with Gasteiger partial charge in [-0.05, 0) is 118 Å². The molecule has 3 saturated carbocycles. The molecule has 3 aromatic rings. The van der Waals surface area contributed by atoms with Crippen LogP contribution in [-0.4, -0.2) is 48.6 Å². The number of benzene rings is 2. The van der Waals surface area contributed by atoms with Gasteiger partial charge in [0.15, 0.2) is 0 Å². The lowest BCUT2D eigenvalue weighted by molar-refractivity contribution is -0.123. The molecule has 1 aromatic heterocycles. The van der Waals surface area contributed by atoms with Gasteiger partial charge in [-0.15, -0.1) is 0 Å². The second-order valence-corrected chi connectivity index (χ2v) is 13.1. The van der Waals surface area contributed by atoms with Crippen molar-refractivity contribution in [3.63, 3.8) is 0 Å². The molecule has 2 amide bonds. The fraction of sp³-hybridized carbons (Fsp3) is 0.528. The molecular weight excluding hydrogens is 552 g/mol. The van der Waals surface area contributed by atoms with Crippen molar-refractivity contribution in [2.75, 3.05) is 25.7 Å². The summed E-state index contributed by atoms with van der Waals surface area (Å²) >= 11 is 0. The van der Waals surface area contributed by atoms with E-state index in [0.29, 0.717) is 17.9 Å². The topological polar surface area (TPSA) is 85.7 Å². The van der Waals surface area contributed by atoms with E-state index in [4.69, 9.17) is 9.47 Å². The van der Waals surface area contributed by atoms with Crippen molar-refractivity contribution in [3.05, 3.63) is 66.0 Å². The summed E-state index contributed by atoms with van der Waals surface area (Å²) in [6.45, 7) is 2.85. The van der Waals surface area contributed by atoms with Crippen molar-refractivity contribution in [2.45, 2.75) is 89.1 Å². The average molecular weight is 599 g/mol. The van der Waals surface area contributed by atoms with Crippen LogP contribution >= 0.6 is 0 Å². The monoisotopic (exact) mass is 598 g/mol. The highest BCUT2D eigenvalue weighted by Gasteiger charge is 2.33. The van der Waals surface area contributed by atoms with E-state index >= 15 is 0 Å². The number of alkyl carbamates (subject to hydrolysis) is 1. The molecule has 6 rings (SSSR count). The molecule has 2 aromatic carbocycles. The molecule has 1 N–H and O–H groups in total. The molecule has 234 valence electrons. The van der Waals surface area contributed by atoms with Gasteiger partial charge in [-0.25, -0.2) is 4.79 Å². The van der Waals surface area contributed by atoms with Crippen LogP contribution in [0.1, 0.15) is 87.3 Å². The van der Waals surface area contributed by atoms with Gasteiger partial charge in [0, 0.05) is 36.0 Å². The van der Waals surface area contributed by atoms with Gasteiger partial charge in [-0.2, -0.15) is 5.10 Å². The van der Waals surface area contributed by atoms with E-state index < -0.39 is 6.09 Å². The Bertz CT molecular complexity index is 1450. The quantitative estimate of drug-likeness (QED) is 0.277. The number of amides is 2. The molecule has 8 nitrogen and oxygen atoms in total. The number of aryl methyl sites for hydroxylation is 1. The molecule has 3 aliphatic rings. The van der Waals surface area contributed by atoms with Crippen molar-refractivity contribution in [3.8, 4) is 16.9 Å². The molecule has 1 heterocycles. The van der Waals surface area contributed by atoms with Gasteiger partial charge >= 0.3 is 6.09 Å². The van der Waals surface area contributed by atoms with E-state index in [2.05, 4.69) is 75.6 Å². The fourth-order valence-electron chi connectivity index (χ4n) is 7.22. The number of ether oxygens (including phenoxy) is 2. The molecular formula is C36H46N4O4. The van der Waals surface area contributed by atoms with E-state index in [9.17, 15) is 9.59 Å². The van der Waals surface area contributed by atoms with E-state index in [1.54, 1.807) is 7.11 Å². The second-order valence-electron chi connectivity index (χ2n) is 13.1. The third kappa shape index (κ3) is 6.95. The highest BCUT2D eigenvalue weighted by atomic mass is 16.5. The Kier molecular flexibility index (Phi) is 9.24. The number of methoxy groups -OCH3 is 2. The molecule has 0 saturated heterocycles. The van der Waals surface area contributed by atoms with Gasteiger partial charge in [0.05, 0.1) is 26.5 Å². The Balaban J connectivity index is 1.17. The minimum absolute atomic E-state index is 0.0504. The zero-order chi connectivity index (χ0) is 30.6. The minimum Gasteiger partial charge on any atom is -0.496 e. The number of aromatic nitrogens is 2. The summed E-state index contributed by atoms with van der Waals surface area (Å²) < 4.78 is 12.3. The van der Waals surface area contributed by atoms with Gasteiger partial charge in [-0.1, -0.05) is 24.3 Å². The number of nitrogens with one attached hydrogen (secondary N) is 1. The molecule has 8 heteroatoms. The summed E-state index contributed by atoms with van der Waals surface area (Å²) in [4.78, 5) is 28.1. The number of carbonyl (C=O) groups excluding carboxylic acids is 2. The van der Waals surface area contributed by atoms with Crippen molar-refractivity contribution in [2.24, 2.45) is 11.8 Å². The standard InChI is InChI=1S/C36H46N4O4/c1-24-19-29(13-18-34(24)43-2)26-9-7-25(8-10-26)22-39(35(41)27-11-14-31(15-12-27)38-36(42)44-3)33-6-4-5-28(20-33)30-21-37-40(23-30)32-16-17-32/h4-6,13,18-21,23,25-27,31-32H,7-12,14-17,22H2,1-3H3,(H,38,42)/t25-,26-,27-,31-. The zero-order valence-electron chi connectivity index (χ0n) is 26.3. The van der Waals surface area contributed by atoms with Gasteiger partial charge in [0.1, 0.15) is 5.75 Å². The Morgan fingerprint density at radius 3 is 2.39 bits per heavy atom. The molecule has 0 aliphatic heterocycles. The van der Waals surface area contributed by atoms with E-state index in [1.165, 1.54) is 31.1 Å². The summed E-state index contributed by atoms with van der Waals surface area (Å²) in [5.74, 6) is 2.09. The van der Waals surface area contributed by atoms with Gasteiger partial charge in [-0.3, -0.25) is 9.48 Å². The lowest BCUT2D eigenvalue weighted by Gasteiger charge is -2.36. The molecule has 44 heavy (non-hydrogen) atoms. The first-order valence-corrected chi connectivity index (χ1v) is 16.4. The second kappa shape index (κ2) is 13.4. The number of nitrogens with zero attached hydrogens (tertiary/aromatic N) is 3. The van der Waals surface area contributed by atoms with Crippen LogP contribution in [0.15, 0.2) is 54.9 Å². The van der Waals surface area contributed by atoms with E-state index in [1.807, 2.05) is 6.20 Å². The molecule has 3 aliphatic carbocycles. The first-order valence-electron chi connectivity index (χ1n) is 16.4. The van der Waals surface area contributed by atoms with Crippen LogP contribution in [0.2, 0.25) is 0 Å². The van der Waals surface area contributed by atoms with Crippen LogP contribution < -0.4 is 15.0 Å².